The van der Waals surface area contributed by atoms with Crippen LogP contribution in [0.2, 0.25) is 0 Å². The zero-order chi connectivity index (χ0) is 11.5. The van der Waals surface area contributed by atoms with E-state index in [2.05, 4.69) is 5.10 Å². The van der Waals surface area contributed by atoms with E-state index in [1.54, 1.807) is 23.9 Å². The molecule has 84 valence electrons. The van der Waals surface area contributed by atoms with Crippen LogP contribution in [0.15, 0.2) is 30.3 Å². The Morgan fingerprint density at radius 3 is 2.69 bits per heavy atom. The predicted octanol–water partition coefficient (Wildman–Crippen LogP) is 2.82. The standard InChI is InChI=1S/C11H11FN2OS/c1-15-7-9-6-11(16)14(13-9)10-4-2-8(12)3-5-10/h2-6,13H,7H2,1H3. The average molecular weight is 238 g/mol. The van der Waals surface area contributed by atoms with Gasteiger partial charge in [0.25, 0.3) is 0 Å². The lowest BCUT2D eigenvalue weighted by Crippen LogP contribution is -1.98. The molecule has 2 aromatic rings. The number of aromatic nitrogens is 2. The van der Waals surface area contributed by atoms with Crippen molar-refractivity contribution in [3.8, 4) is 5.69 Å². The Kier molecular flexibility index (Phi) is 3.17. The molecule has 2 rings (SSSR count). The van der Waals surface area contributed by atoms with Crippen LogP contribution in [0.4, 0.5) is 4.39 Å². The summed E-state index contributed by atoms with van der Waals surface area (Å²) in [6.45, 7) is 0.470. The molecule has 1 heterocycles. The normalized spacial score (nSPS) is 10.6. The number of nitrogens with zero attached hydrogens (tertiary/aromatic N) is 1. The number of hydrogen-bond donors (Lipinski definition) is 1. The van der Waals surface area contributed by atoms with E-state index < -0.39 is 0 Å². The SMILES string of the molecule is COCc1cc(=S)n(-c2ccc(F)cc2)[nH]1. The summed E-state index contributed by atoms with van der Waals surface area (Å²) >= 11 is 5.18. The number of benzene rings is 1. The largest absolute Gasteiger partial charge is 0.378 e. The van der Waals surface area contributed by atoms with E-state index in [1.807, 2.05) is 6.07 Å². The topological polar surface area (TPSA) is 29.9 Å². The van der Waals surface area contributed by atoms with E-state index in [-0.39, 0.29) is 5.82 Å². The van der Waals surface area contributed by atoms with Gasteiger partial charge in [0, 0.05) is 7.11 Å². The lowest BCUT2D eigenvalue weighted by molar-refractivity contribution is 0.181. The van der Waals surface area contributed by atoms with E-state index in [0.29, 0.717) is 11.2 Å². The summed E-state index contributed by atoms with van der Waals surface area (Å²) in [6.07, 6.45) is 0. The summed E-state index contributed by atoms with van der Waals surface area (Å²) < 4.78 is 20.1. The molecule has 0 unspecified atom stereocenters. The average Bonchev–Trinajstić information content (AvgIpc) is 2.61. The fraction of sp³-hybridized carbons (Fsp3) is 0.182. The fourth-order valence-corrected chi connectivity index (χ4v) is 1.75. The first-order valence-corrected chi connectivity index (χ1v) is 5.17. The van der Waals surface area contributed by atoms with E-state index >= 15 is 0 Å². The second kappa shape index (κ2) is 4.59. The number of halogens is 1. The smallest absolute Gasteiger partial charge is 0.128 e. The summed E-state index contributed by atoms with van der Waals surface area (Å²) in [5, 5.41) is 3.08. The van der Waals surface area contributed by atoms with E-state index in [9.17, 15) is 4.39 Å². The highest BCUT2D eigenvalue weighted by atomic mass is 32.1. The number of rotatable bonds is 3. The zero-order valence-corrected chi connectivity index (χ0v) is 9.55. The van der Waals surface area contributed by atoms with Crippen molar-refractivity contribution in [1.82, 2.24) is 9.78 Å². The van der Waals surface area contributed by atoms with Crippen molar-refractivity contribution in [3.05, 3.63) is 46.5 Å². The van der Waals surface area contributed by atoms with Crippen LogP contribution in [0.25, 0.3) is 5.69 Å². The van der Waals surface area contributed by atoms with Gasteiger partial charge in [0.2, 0.25) is 0 Å². The van der Waals surface area contributed by atoms with Crippen molar-refractivity contribution in [1.29, 1.82) is 0 Å². The summed E-state index contributed by atoms with van der Waals surface area (Å²) in [6, 6.07) is 7.94. The molecule has 0 fully saturated rings. The minimum absolute atomic E-state index is 0.265. The van der Waals surface area contributed by atoms with Gasteiger partial charge in [-0.3, -0.25) is 5.10 Å². The van der Waals surface area contributed by atoms with Crippen LogP contribution in [-0.2, 0) is 11.3 Å². The molecule has 0 aliphatic carbocycles. The van der Waals surface area contributed by atoms with Crippen LogP contribution >= 0.6 is 12.2 Å². The van der Waals surface area contributed by atoms with E-state index in [0.717, 1.165) is 11.4 Å². The first kappa shape index (κ1) is 11.0. The predicted molar refractivity (Wildman–Crippen MR) is 61.6 cm³/mol. The van der Waals surface area contributed by atoms with Gasteiger partial charge in [-0.25, -0.2) is 9.07 Å². The molecule has 0 aliphatic rings. The molecular formula is C11H11FN2OS. The van der Waals surface area contributed by atoms with Gasteiger partial charge in [0.05, 0.1) is 18.0 Å². The highest BCUT2D eigenvalue weighted by Gasteiger charge is 2.02. The van der Waals surface area contributed by atoms with Crippen LogP contribution in [0.3, 0.4) is 0 Å². The Morgan fingerprint density at radius 2 is 2.06 bits per heavy atom. The molecule has 0 bridgehead atoms. The Labute approximate surface area is 97.5 Å². The minimum Gasteiger partial charge on any atom is -0.378 e. The summed E-state index contributed by atoms with van der Waals surface area (Å²) in [5.74, 6) is -0.265. The molecule has 1 aromatic heterocycles. The Balaban J connectivity index is 2.40. The summed E-state index contributed by atoms with van der Waals surface area (Å²) in [7, 11) is 1.62. The molecule has 0 atom stereocenters. The van der Waals surface area contributed by atoms with Crippen molar-refractivity contribution < 1.29 is 9.13 Å². The highest BCUT2D eigenvalue weighted by Crippen LogP contribution is 2.11. The van der Waals surface area contributed by atoms with Gasteiger partial charge < -0.3 is 4.74 Å². The molecule has 1 N–H and O–H groups in total. The molecule has 0 aliphatic heterocycles. The van der Waals surface area contributed by atoms with Gasteiger partial charge in [-0.2, -0.15) is 0 Å². The minimum atomic E-state index is -0.265. The summed E-state index contributed by atoms with van der Waals surface area (Å²) in [4.78, 5) is 0. The Morgan fingerprint density at radius 1 is 1.38 bits per heavy atom. The van der Waals surface area contributed by atoms with Crippen molar-refractivity contribution in [2.75, 3.05) is 7.11 Å². The van der Waals surface area contributed by atoms with E-state index in [1.165, 1.54) is 12.1 Å². The zero-order valence-electron chi connectivity index (χ0n) is 8.74. The summed E-state index contributed by atoms with van der Waals surface area (Å²) in [5.41, 5.74) is 1.69. The van der Waals surface area contributed by atoms with Crippen LogP contribution in [-0.4, -0.2) is 16.9 Å². The molecule has 0 spiro atoms. The lowest BCUT2D eigenvalue weighted by Gasteiger charge is -2.02. The van der Waals surface area contributed by atoms with Gasteiger partial charge >= 0.3 is 0 Å². The third kappa shape index (κ3) is 2.20. The first-order valence-electron chi connectivity index (χ1n) is 4.76. The van der Waals surface area contributed by atoms with Gasteiger partial charge in [0.15, 0.2) is 0 Å². The molecule has 5 heteroatoms. The number of nitrogens with one attached hydrogen (secondary N) is 1. The molecule has 0 amide bonds. The monoisotopic (exact) mass is 238 g/mol. The maximum absolute atomic E-state index is 12.8. The van der Waals surface area contributed by atoms with Crippen molar-refractivity contribution in [3.63, 3.8) is 0 Å². The van der Waals surface area contributed by atoms with Gasteiger partial charge in [0.1, 0.15) is 10.5 Å². The van der Waals surface area contributed by atoms with Crippen molar-refractivity contribution in [2.24, 2.45) is 0 Å². The van der Waals surface area contributed by atoms with Crippen LogP contribution < -0.4 is 0 Å². The lowest BCUT2D eigenvalue weighted by atomic mass is 10.3. The van der Waals surface area contributed by atoms with Gasteiger partial charge in [-0.1, -0.05) is 12.2 Å². The molecule has 0 saturated carbocycles. The molecule has 1 aromatic carbocycles. The van der Waals surface area contributed by atoms with Crippen LogP contribution in [0.5, 0.6) is 0 Å². The molecule has 0 radical (unpaired) electrons. The molecule has 16 heavy (non-hydrogen) atoms. The fourth-order valence-electron chi connectivity index (χ4n) is 1.46. The van der Waals surface area contributed by atoms with Crippen LogP contribution in [0, 0.1) is 10.5 Å². The number of ether oxygens (including phenoxy) is 1. The van der Waals surface area contributed by atoms with Gasteiger partial charge in [-0.05, 0) is 30.3 Å². The highest BCUT2D eigenvalue weighted by molar-refractivity contribution is 7.71. The first-order chi connectivity index (χ1) is 7.70. The molecule has 0 saturated heterocycles. The Hall–Kier alpha value is -1.46. The van der Waals surface area contributed by atoms with Crippen LogP contribution in [0.1, 0.15) is 5.69 Å². The third-order valence-electron chi connectivity index (χ3n) is 2.16. The quantitative estimate of drug-likeness (QED) is 0.833. The maximum atomic E-state index is 12.8. The number of aromatic amines is 1. The number of hydrogen-bond acceptors (Lipinski definition) is 2. The second-order valence-electron chi connectivity index (χ2n) is 3.36. The molecular weight excluding hydrogens is 227 g/mol. The van der Waals surface area contributed by atoms with Gasteiger partial charge in [-0.15, -0.1) is 0 Å². The van der Waals surface area contributed by atoms with E-state index in [4.69, 9.17) is 17.0 Å². The molecule has 3 nitrogen and oxygen atoms in total. The number of methoxy groups -OCH3 is 1. The maximum Gasteiger partial charge on any atom is 0.128 e. The third-order valence-corrected chi connectivity index (χ3v) is 2.46. The number of H-pyrrole nitrogens is 1. The van der Waals surface area contributed by atoms with Crippen molar-refractivity contribution in [2.45, 2.75) is 6.61 Å². The Bertz CT molecular complexity index is 530. The second-order valence-corrected chi connectivity index (χ2v) is 3.78. The van der Waals surface area contributed by atoms with Crippen molar-refractivity contribution >= 4 is 12.2 Å².